The van der Waals surface area contributed by atoms with Crippen LogP contribution in [-0.2, 0) is 20.7 Å². The molecule has 1 amide bonds. The topological polar surface area (TPSA) is 100 Å². The first kappa shape index (κ1) is 24.4. The van der Waals surface area contributed by atoms with Crippen LogP contribution in [0.15, 0.2) is 24.3 Å². The Hall–Kier alpha value is -3.29. The van der Waals surface area contributed by atoms with Crippen molar-refractivity contribution in [2.45, 2.75) is 72.0 Å². The summed E-state index contributed by atoms with van der Waals surface area (Å²) in [5.74, 6) is -0.125. The molecule has 0 aromatic heterocycles. The van der Waals surface area contributed by atoms with Crippen molar-refractivity contribution in [3.8, 4) is 17.2 Å². The summed E-state index contributed by atoms with van der Waals surface area (Å²) in [7, 11) is 0. The maximum atomic E-state index is 12.7. The lowest BCUT2D eigenvalue weighted by Gasteiger charge is -2.34. The number of alkyl carbamates (subject to hydrolysis) is 1. The zero-order chi connectivity index (χ0) is 24.4. The first-order valence-corrected chi connectivity index (χ1v) is 11.0. The Morgan fingerprint density at radius 2 is 1.73 bits per heavy atom. The largest absolute Gasteiger partial charge is 0.487 e. The monoisotopic (exact) mass is 457 g/mol. The summed E-state index contributed by atoms with van der Waals surface area (Å²) in [6, 6.07) is 7.37. The fraction of sp³-hybridized carbons (Fsp3) is 0.480. The summed E-state index contributed by atoms with van der Waals surface area (Å²) in [5.41, 5.74) is -0.351. The van der Waals surface area contributed by atoms with Crippen LogP contribution >= 0.6 is 0 Å². The van der Waals surface area contributed by atoms with Crippen LogP contribution in [0, 0.1) is 0 Å². The summed E-state index contributed by atoms with van der Waals surface area (Å²) in [6.07, 6.45) is 0.574. The van der Waals surface area contributed by atoms with Gasteiger partial charge in [0.15, 0.2) is 11.5 Å². The van der Waals surface area contributed by atoms with Gasteiger partial charge in [0.05, 0.1) is 6.42 Å². The number of carbonyl (C=O) groups is 3. The molecular weight excluding hydrogens is 426 g/mol. The maximum Gasteiger partial charge on any atom is 0.407 e. The Kier molecular flexibility index (Phi) is 6.86. The molecule has 0 atom stereocenters. The lowest BCUT2D eigenvalue weighted by Crippen LogP contribution is -2.34. The normalized spacial score (nSPS) is 14.6. The van der Waals surface area contributed by atoms with Crippen molar-refractivity contribution in [3.63, 3.8) is 0 Å². The van der Waals surface area contributed by atoms with Crippen molar-refractivity contribution in [2.24, 2.45) is 0 Å². The molecule has 33 heavy (non-hydrogen) atoms. The first-order chi connectivity index (χ1) is 15.4. The second kappa shape index (κ2) is 9.29. The van der Waals surface area contributed by atoms with Crippen molar-refractivity contribution < 1.29 is 33.3 Å². The molecule has 0 unspecified atom stereocenters. The van der Waals surface area contributed by atoms with E-state index in [1.807, 2.05) is 32.0 Å². The molecule has 8 heteroatoms. The first-order valence-electron chi connectivity index (χ1n) is 11.0. The Morgan fingerprint density at radius 3 is 2.36 bits per heavy atom. The lowest BCUT2D eigenvalue weighted by atomic mass is 9.91. The molecule has 3 rings (SSSR count). The van der Waals surface area contributed by atoms with E-state index in [1.165, 1.54) is 6.92 Å². The van der Waals surface area contributed by atoms with Gasteiger partial charge in [0.1, 0.15) is 17.0 Å². The van der Waals surface area contributed by atoms with Crippen LogP contribution in [0.25, 0.3) is 10.8 Å². The quantitative estimate of drug-likeness (QED) is 0.513. The van der Waals surface area contributed by atoms with Gasteiger partial charge in [0.2, 0.25) is 0 Å². The minimum atomic E-state index is -0.637. The SMILES string of the molecule is CC(=O)Oc1c(OC(=O)CCNC(=O)OC(C)(C)C)c2c(c3ccccc13)OC(C)(C)CC2. The predicted molar refractivity (Wildman–Crippen MR) is 123 cm³/mol. The molecular formula is C25H31NO7. The van der Waals surface area contributed by atoms with Gasteiger partial charge in [-0.2, -0.15) is 0 Å². The molecule has 1 N–H and O–H groups in total. The molecule has 8 nitrogen and oxygen atoms in total. The Morgan fingerprint density at radius 1 is 1.06 bits per heavy atom. The number of esters is 2. The molecule has 1 aliphatic heterocycles. The molecule has 0 bridgehead atoms. The summed E-state index contributed by atoms with van der Waals surface area (Å²) in [6.45, 7) is 10.6. The van der Waals surface area contributed by atoms with Gasteiger partial charge in [-0.25, -0.2) is 4.79 Å². The summed E-state index contributed by atoms with van der Waals surface area (Å²) in [4.78, 5) is 36.4. The molecule has 0 saturated heterocycles. The average Bonchev–Trinajstić information content (AvgIpc) is 2.68. The average molecular weight is 458 g/mol. The number of nitrogens with one attached hydrogen (secondary N) is 1. The lowest BCUT2D eigenvalue weighted by molar-refractivity contribution is -0.136. The van der Waals surface area contributed by atoms with Crippen LogP contribution in [0.1, 0.15) is 59.9 Å². The molecule has 0 fully saturated rings. The van der Waals surface area contributed by atoms with E-state index in [4.69, 9.17) is 18.9 Å². The van der Waals surface area contributed by atoms with Crippen molar-refractivity contribution in [3.05, 3.63) is 29.8 Å². The third-order valence-corrected chi connectivity index (χ3v) is 4.99. The standard InChI is InChI=1S/C25H31NO7/c1-15(27)30-21-17-10-8-7-9-16(17)20-18(11-13-25(5,6)32-20)22(21)31-19(28)12-14-26-23(29)33-24(2,3)4/h7-10H,11-14H2,1-6H3,(H,26,29). The Labute approximate surface area is 193 Å². The second-order valence-corrected chi connectivity index (χ2v) is 9.62. The molecule has 0 radical (unpaired) electrons. The third-order valence-electron chi connectivity index (χ3n) is 4.99. The number of amides is 1. The van der Waals surface area contributed by atoms with E-state index in [0.717, 1.165) is 5.39 Å². The highest BCUT2D eigenvalue weighted by atomic mass is 16.6. The molecule has 2 aromatic rings. The van der Waals surface area contributed by atoms with Crippen LogP contribution in [0.2, 0.25) is 0 Å². The number of hydrogen-bond acceptors (Lipinski definition) is 7. The van der Waals surface area contributed by atoms with Crippen LogP contribution in [0.4, 0.5) is 4.79 Å². The Bertz CT molecular complexity index is 1080. The summed E-state index contributed by atoms with van der Waals surface area (Å²) < 4.78 is 22.7. The number of fused-ring (bicyclic) bond motifs is 3. The molecule has 1 aliphatic rings. The van der Waals surface area contributed by atoms with Gasteiger partial charge in [0.25, 0.3) is 0 Å². The van der Waals surface area contributed by atoms with E-state index in [-0.39, 0.29) is 24.5 Å². The van der Waals surface area contributed by atoms with Gasteiger partial charge in [-0.1, -0.05) is 24.3 Å². The molecule has 0 aliphatic carbocycles. The maximum absolute atomic E-state index is 12.7. The van der Waals surface area contributed by atoms with Gasteiger partial charge in [0, 0.05) is 29.8 Å². The second-order valence-electron chi connectivity index (χ2n) is 9.62. The fourth-order valence-electron chi connectivity index (χ4n) is 3.60. The number of hydrogen-bond donors (Lipinski definition) is 1. The minimum absolute atomic E-state index is 0.0376. The number of benzene rings is 2. The van der Waals surface area contributed by atoms with Gasteiger partial charge >= 0.3 is 18.0 Å². The molecule has 0 spiro atoms. The van der Waals surface area contributed by atoms with Crippen molar-refractivity contribution >= 4 is 28.8 Å². The molecule has 0 saturated carbocycles. The van der Waals surface area contributed by atoms with E-state index >= 15 is 0 Å². The Balaban J connectivity index is 1.90. The van der Waals surface area contributed by atoms with E-state index in [1.54, 1.807) is 26.8 Å². The van der Waals surface area contributed by atoms with Crippen LogP contribution in [-0.4, -0.2) is 35.8 Å². The molecule has 178 valence electrons. The summed E-state index contributed by atoms with van der Waals surface area (Å²) >= 11 is 0. The number of ether oxygens (including phenoxy) is 4. The highest BCUT2D eigenvalue weighted by Crippen LogP contribution is 2.50. The summed E-state index contributed by atoms with van der Waals surface area (Å²) in [5, 5.41) is 3.92. The van der Waals surface area contributed by atoms with Gasteiger partial charge in [-0.05, 0) is 47.5 Å². The van der Waals surface area contributed by atoms with Crippen molar-refractivity contribution in [1.82, 2.24) is 5.32 Å². The predicted octanol–water partition coefficient (Wildman–Crippen LogP) is 4.69. The zero-order valence-corrected chi connectivity index (χ0v) is 20.0. The van der Waals surface area contributed by atoms with Crippen molar-refractivity contribution in [1.29, 1.82) is 0 Å². The zero-order valence-electron chi connectivity index (χ0n) is 20.0. The number of carbonyl (C=O) groups excluding carboxylic acids is 3. The fourth-order valence-corrected chi connectivity index (χ4v) is 3.60. The van der Waals surface area contributed by atoms with Crippen molar-refractivity contribution in [2.75, 3.05) is 6.54 Å². The van der Waals surface area contributed by atoms with Gasteiger partial charge in [-0.3, -0.25) is 9.59 Å². The molecule has 2 aromatic carbocycles. The minimum Gasteiger partial charge on any atom is -0.487 e. The van der Waals surface area contributed by atoms with E-state index < -0.39 is 29.2 Å². The molecule has 1 heterocycles. The van der Waals surface area contributed by atoms with Crippen LogP contribution < -0.4 is 19.5 Å². The van der Waals surface area contributed by atoms with Gasteiger partial charge in [-0.15, -0.1) is 0 Å². The smallest absolute Gasteiger partial charge is 0.407 e. The van der Waals surface area contributed by atoms with Crippen LogP contribution in [0.3, 0.4) is 0 Å². The van der Waals surface area contributed by atoms with E-state index in [9.17, 15) is 14.4 Å². The highest BCUT2D eigenvalue weighted by Gasteiger charge is 2.34. The van der Waals surface area contributed by atoms with Crippen LogP contribution in [0.5, 0.6) is 17.2 Å². The van der Waals surface area contributed by atoms with Gasteiger partial charge < -0.3 is 24.3 Å². The third kappa shape index (κ3) is 6.15. The van der Waals surface area contributed by atoms with E-state index in [2.05, 4.69) is 5.32 Å². The van der Waals surface area contributed by atoms with E-state index in [0.29, 0.717) is 29.5 Å². The number of rotatable bonds is 5. The highest BCUT2D eigenvalue weighted by molar-refractivity contribution is 5.99.